The number of Topliss-reactive ketones (excluding diaryl/α,β-unsaturated/α-hetero) is 2. The molecule has 3 nitrogen and oxygen atoms in total. The largest absolute Gasteiger partial charge is 0.497 e. The molecule has 2 fully saturated rings. The van der Waals surface area contributed by atoms with Crippen molar-refractivity contribution in [3.63, 3.8) is 0 Å². The molecule has 1 unspecified atom stereocenters. The van der Waals surface area contributed by atoms with Gasteiger partial charge in [-0.25, -0.2) is 0 Å². The zero-order valence-electron chi connectivity index (χ0n) is 22.3. The minimum Gasteiger partial charge on any atom is -0.497 e. The van der Waals surface area contributed by atoms with E-state index in [1.54, 1.807) is 7.11 Å². The number of hydrogen-bond acceptors (Lipinski definition) is 3. The predicted molar refractivity (Wildman–Crippen MR) is 153 cm³/mol. The Labute approximate surface area is 229 Å². The monoisotopic (exact) mass is 510 g/mol. The number of carbonyl (C=O) groups is 2. The molecule has 4 aromatic carbocycles. The molecule has 0 N–H and O–H groups in total. The van der Waals surface area contributed by atoms with Gasteiger partial charge in [0.25, 0.3) is 0 Å². The molecule has 3 aliphatic rings. The van der Waals surface area contributed by atoms with Crippen LogP contribution in [0.15, 0.2) is 115 Å². The van der Waals surface area contributed by atoms with Gasteiger partial charge in [-0.3, -0.25) is 9.59 Å². The third-order valence-electron chi connectivity index (χ3n) is 9.84. The van der Waals surface area contributed by atoms with Crippen molar-refractivity contribution in [1.82, 2.24) is 0 Å². The van der Waals surface area contributed by atoms with Crippen LogP contribution in [0.3, 0.4) is 0 Å². The number of benzene rings is 4. The molecule has 7 rings (SSSR count). The van der Waals surface area contributed by atoms with Crippen molar-refractivity contribution in [3.05, 3.63) is 138 Å². The average molecular weight is 511 g/mol. The molecule has 0 heterocycles. The Balaban J connectivity index is 1.48. The molecule has 0 bridgehead atoms. The maximum atomic E-state index is 15.1. The zero-order valence-corrected chi connectivity index (χ0v) is 22.3. The Morgan fingerprint density at radius 3 is 1.72 bits per heavy atom. The smallest absolute Gasteiger partial charge is 0.152 e. The van der Waals surface area contributed by atoms with E-state index < -0.39 is 28.1 Å². The Morgan fingerprint density at radius 1 is 0.641 bits per heavy atom. The number of carbonyl (C=O) groups excluding carboxylic acids is 2. The van der Waals surface area contributed by atoms with Gasteiger partial charge >= 0.3 is 0 Å². The fraction of sp³-hybridized carbons (Fsp3) is 0.222. The molecule has 0 aliphatic heterocycles. The van der Waals surface area contributed by atoms with Gasteiger partial charge in [-0.2, -0.15) is 0 Å². The maximum Gasteiger partial charge on any atom is 0.152 e. The minimum absolute atomic E-state index is 0.155. The Hall–Kier alpha value is -4.24. The van der Waals surface area contributed by atoms with Crippen molar-refractivity contribution in [2.75, 3.05) is 7.11 Å². The van der Waals surface area contributed by atoms with E-state index in [-0.39, 0.29) is 11.6 Å². The third-order valence-corrected chi connectivity index (χ3v) is 9.84. The van der Waals surface area contributed by atoms with Crippen LogP contribution in [0, 0.1) is 22.7 Å². The number of methoxy groups -OCH3 is 1. The Morgan fingerprint density at radius 2 is 1.15 bits per heavy atom. The van der Waals surface area contributed by atoms with Gasteiger partial charge in [0.15, 0.2) is 5.78 Å². The number of hydrogen-bond donors (Lipinski definition) is 0. The topological polar surface area (TPSA) is 43.4 Å². The summed E-state index contributed by atoms with van der Waals surface area (Å²) in [5, 5.41) is 0. The molecular weight excluding hydrogens is 480 g/mol. The summed E-state index contributed by atoms with van der Waals surface area (Å²) < 4.78 is 5.44. The van der Waals surface area contributed by atoms with E-state index in [1.807, 2.05) is 92.7 Å². The van der Waals surface area contributed by atoms with Crippen LogP contribution < -0.4 is 4.74 Å². The minimum atomic E-state index is -0.905. The second kappa shape index (κ2) is 8.13. The molecule has 0 amide bonds. The number of ether oxygens (including phenoxy) is 1. The normalized spacial score (nSPS) is 30.7. The van der Waals surface area contributed by atoms with Gasteiger partial charge in [0, 0.05) is 11.3 Å². The molecule has 5 atom stereocenters. The first-order valence-electron chi connectivity index (χ1n) is 13.6. The summed E-state index contributed by atoms with van der Waals surface area (Å²) >= 11 is 0. The van der Waals surface area contributed by atoms with Gasteiger partial charge in [0.2, 0.25) is 0 Å². The van der Waals surface area contributed by atoms with Crippen molar-refractivity contribution in [2.24, 2.45) is 22.7 Å². The van der Waals surface area contributed by atoms with Crippen LogP contribution in [-0.4, -0.2) is 18.7 Å². The van der Waals surface area contributed by atoms with E-state index in [9.17, 15) is 4.79 Å². The quantitative estimate of drug-likeness (QED) is 0.290. The molecule has 39 heavy (non-hydrogen) atoms. The van der Waals surface area contributed by atoms with Crippen LogP contribution >= 0.6 is 0 Å². The van der Waals surface area contributed by atoms with Gasteiger partial charge < -0.3 is 4.74 Å². The van der Waals surface area contributed by atoms with Gasteiger partial charge in [0.05, 0.1) is 23.9 Å². The first-order chi connectivity index (χ1) is 18.9. The summed E-state index contributed by atoms with van der Waals surface area (Å²) in [5.74, 6) is 0.146. The van der Waals surface area contributed by atoms with Crippen molar-refractivity contribution in [3.8, 4) is 5.75 Å². The number of ketones is 2. The molecule has 0 radical (unpaired) electrons. The van der Waals surface area contributed by atoms with E-state index in [1.165, 1.54) is 0 Å². The molecule has 0 spiro atoms. The lowest BCUT2D eigenvalue weighted by atomic mass is 9.46. The van der Waals surface area contributed by atoms with E-state index in [0.717, 1.165) is 39.1 Å². The maximum absolute atomic E-state index is 15.1. The Kier molecular flexibility index (Phi) is 4.97. The van der Waals surface area contributed by atoms with E-state index in [2.05, 4.69) is 36.4 Å². The van der Waals surface area contributed by atoms with Crippen LogP contribution in [0.25, 0.3) is 11.1 Å². The lowest BCUT2D eigenvalue weighted by Gasteiger charge is -2.53. The van der Waals surface area contributed by atoms with Gasteiger partial charge in [0.1, 0.15) is 11.5 Å². The van der Waals surface area contributed by atoms with Crippen molar-refractivity contribution < 1.29 is 14.3 Å². The summed E-state index contributed by atoms with van der Waals surface area (Å²) in [5.41, 5.74) is 3.49. The van der Waals surface area contributed by atoms with Crippen LogP contribution in [0.2, 0.25) is 0 Å². The molecule has 0 saturated heterocycles. The fourth-order valence-electron chi connectivity index (χ4n) is 8.23. The van der Waals surface area contributed by atoms with E-state index >= 15 is 4.79 Å². The lowest BCUT2D eigenvalue weighted by Crippen LogP contribution is -2.56. The molecule has 3 heteroatoms. The first kappa shape index (κ1) is 23.8. The van der Waals surface area contributed by atoms with Crippen LogP contribution in [-0.2, 0) is 15.0 Å². The molecular formula is C36H30O3. The predicted octanol–water partition coefficient (Wildman–Crippen LogP) is 7.02. The summed E-state index contributed by atoms with van der Waals surface area (Å²) in [4.78, 5) is 29.9. The van der Waals surface area contributed by atoms with Crippen LogP contribution in [0.5, 0.6) is 5.75 Å². The van der Waals surface area contributed by atoms with Crippen LogP contribution in [0.1, 0.15) is 36.1 Å². The summed E-state index contributed by atoms with van der Waals surface area (Å²) in [7, 11) is 1.65. The number of allylic oxidation sites excluding steroid dienone is 2. The zero-order chi connectivity index (χ0) is 27.0. The highest BCUT2D eigenvalue weighted by Gasteiger charge is 2.88. The standard InChI is InChI=1S/C36H30O3/c1-34-29(24-15-9-5-10-16-24)28(23-13-7-4-8-14-23)30(34)31(37)32-35(2,33(34)38)36(32,25-17-11-6-12-18-25)26-19-21-27(39-3)22-20-26/h4-22,30,32H,1-3H3/t30?,32-,34-,35-,36-/m0/s1. The SMILES string of the molecule is COc1ccc([C@@]2(c3ccccc3)[C@H]3C(=O)C4C(c5ccccc5)=C(c5ccccc5)[C@]4(C)C(=O)[C@]32C)cc1. The van der Waals surface area contributed by atoms with Crippen molar-refractivity contribution in [2.45, 2.75) is 19.3 Å². The van der Waals surface area contributed by atoms with Crippen molar-refractivity contribution >= 4 is 22.7 Å². The summed E-state index contributed by atoms with van der Waals surface area (Å²) in [6, 6.07) is 38.3. The highest BCUT2D eigenvalue weighted by Crippen LogP contribution is 2.82. The van der Waals surface area contributed by atoms with Gasteiger partial charge in [-0.1, -0.05) is 110 Å². The van der Waals surface area contributed by atoms with E-state index in [0.29, 0.717) is 0 Å². The van der Waals surface area contributed by atoms with Gasteiger partial charge in [-0.15, -0.1) is 0 Å². The Bertz CT molecular complexity index is 1640. The fourth-order valence-corrected chi connectivity index (χ4v) is 8.23. The highest BCUT2D eigenvalue weighted by molar-refractivity contribution is 6.28. The average Bonchev–Trinajstić information content (AvgIpc) is 3.58. The molecule has 3 aliphatic carbocycles. The molecule has 4 aromatic rings. The highest BCUT2D eigenvalue weighted by atomic mass is 16.5. The third kappa shape index (κ3) is 2.78. The number of fused-ring (bicyclic) bond motifs is 2. The van der Waals surface area contributed by atoms with E-state index in [4.69, 9.17) is 4.74 Å². The molecule has 192 valence electrons. The molecule has 0 aromatic heterocycles. The van der Waals surface area contributed by atoms with Crippen molar-refractivity contribution in [1.29, 1.82) is 0 Å². The summed E-state index contributed by atoms with van der Waals surface area (Å²) in [6.45, 7) is 4.04. The first-order valence-corrected chi connectivity index (χ1v) is 13.6. The second-order valence-electron chi connectivity index (χ2n) is 11.4. The number of rotatable bonds is 5. The second-order valence-corrected chi connectivity index (χ2v) is 11.4. The lowest BCUT2D eigenvalue weighted by molar-refractivity contribution is -0.144. The molecule has 2 saturated carbocycles. The summed E-state index contributed by atoms with van der Waals surface area (Å²) in [6.07, 6.45) is 0. The van der Waals surface area contributed by atoms with Gasteiger partial charge in [-0.05, 0) is 52.5 Å². The van der Waals surface area contributed by atoms with Crippen LogP contribution in [0.4, 0.5) is 0 Å².